The molecule has 0 saturated carbocycles. The average Bonchev–Trinajstić information content (AvgIpc) is 3.21. The molecule has 0 fully saturated rings. The minimum Gasteiger partial charge on any atom is -0.298 e. The van der Waals surface area contributed by atoms with Gasteiger partial charge in [0, 0.05) is 35.5 Å². The van der Waals surface area contributed by atoms with Crippen molar-refractivity contribution in [2.24, 2.45) is 0 Å². The van der Waals surface area contributed by atoms with Crippen molar-refractivity contribution in [3.63, 3.8) is 0 Å². The van der Waals surface area contributed by atoms with E-state index in [-0.39, 0.29) is 5.56 Å². The fraction of sp³-hybridized carbons (Fsp3) is 0.125. The van der Waals surface area contributed by atoms with Crippen molar-refractivity contribution in [3.05, 3.63) is 106 Å². The summed E-state index contributed by atoms with van der Waals surface area (Å²) in [5.41, 5.74) is 4.26. The van der Waals surface area contributed by atoms with E-state index in [4.69, 9.17) is 0 Å². The number of pyridine rings is 2. The summed E-state index contributed by atoms with van der Waals surface area (Å²) >= 11 is 1.52. The topological polar surface area (TPSA) is 78.0 Å². The Morgan fingerprint density at radius 3 is 2.56 bits per heavy atom. The molecule has 0 unspecified atom stereocenters. The second kappa shape index (κ2) is 8.76. The van der Waals surface area contributed by atoms with Crippen LogP contribution in [0.4, 0.5) is 0 Å². The molecule has 0 amide bonds. The smallest absolute Gasteiger partial charge is 0.258 e. The Morgan fingerprint density at radius 2 is 1.75 bits per heavy atom. The molecule has 0 aliphatic heterocycles. The molecular formula is C24H20N6OS. The van der Waals surface area contributed by atoms with Gasteiger partial charge in [-0.15, -0.1) is 10.2 Å². The number of hydrogen-bond acceptors (Lipinski definition) is 6. The fourth-order valence-electron chi connectivity index (χ4n) is 3.59. The molecule has 0 saturated heterocycles. The zero-order valence-electron chi connectivity index (χ0n) is 17.4. The standard InChI is InChI=1S/C24H20N6OS/c1-17-6-5-9-21-26-20(14-22(31)30(17)21)16-32-24-28-27-23(19-10-12-25-13-11-19)29(24)15-18-7-3-2-4-8-18/h2-14H,15-16H2,1H3. The van der Waals surface area contributed by atoms with E-state index in [0.717, 1.165) is 27.8 Å². The van der Waals surface area contributed by atoms with Crippen LogP contribution in [0.3, 0.4) is 0 Å². The second-order valence-corrected chi connectivity index (χ2v) is 8.29. The van der Waals surface area contributed by atoms with Gasteiger partial charge in [0.15, 0.2) is 11.0 Å². The summed E-state index contributed by atoms with van der Waals surface area (Å²) in [4.78, 5) is 21.4. The molecule has 32 heavy (non-hydrogen) atoms. The molecule has 0 atom stereocenters. The van der Waals surface area contributed by atoms with Gasteiger partial charge in [-0.05, 0) is 36.8 Å². The van der Waals surface area contributed by atoms with Crippen LogP contribution in [-0.2, 0) is 12.3 Å². The molecule has 0 bridgehead atoms. The number of thioether (sulfide) groups is 1. The van der Waals surface area contributed by atoms with Gasteiger partial charge in [-0.1, -0.05) is 48.2 Å². The second-order valence-electron chi connectivity index (χ2n) is 7.35. The maximum atomic E-state index is 12.6. The van der Waals surface area contributed by atoms with Gasteiger partial charge in [-0.3, -0.25) is 18.7 Å². The molecule has 4 heterocycles. The van der Waals surface area contributed by atoms with Crippen LogP contribution in [0.1, 0.15) is 17.0 Å². The molecule has 7 nitrogen and oxygen atoms in total. The normalized spacial score (nSPS) is 11.2. The molecule has 5 aromatic rings. The first-order chi connectivity index (χ1) is 15.7. The molecule has 8 heteroatoms. The van der Waals surface area contributed by atoms with E-state index in [0.29, 0.717) is 23.6 Å². The predicted octanol–water partition coefficient (Wildman–Crippen LogP) is 4.00. The molecule has 158 valence electrons. The molecule has 4 aromatic heterocycles. The SMILES string of the molecule is Cc1cccc2nc(CSc3nnc(-c4ccncc4)n3Cc3ccccc3)cc(=O)n12. The van der Waals surface area contributed by atoms with Crippen LogP contribution in [0.25, 0.3) is 17.0 Å². The fourth-order valence-corrected chi connectivity index (χ4v) is 4.42. The summed E-state index contributed by atoms with van der Waals surface area (Å²) in [6, 6.07) is 21.3. The van der Waals surface area contributed by atoms with E-state index in [1.165, 1.54) is 11.8 Å². The lowest BCUT2D eigenvalue weighted by Crippen LogP contribution is -2.17. The molecule has 0 aliphatic carbocycles. The van der Waals surface area contributed by atoms with Gasteiger partial charge < -0.3 is 0 Å². The third-order valence-corrected chi connectivity index (χ3v) is 6.12. The van der Waals surface area contributed by atoms with Crippen LogP contribution >= 0.6 is 11.8 Å². The highest BCUT2D eigenvalue weighted by molar-refractivity contribution is 7.98. The van der Waals surface area contributed by atoms with Crippen molar-refractivity contribution in [1.82, 2.24) is 29.1 Å². The summed E-state index contributed by atoms with van der Waals surface area (Å²) in [6.07, 6.45) is 3.50. The Labute approximate surface area is 188 Å². The van der Waals surface area contributed by atoms with Crippen molar-refractivity contribution in [1.29, 1.82) is 0 Å². The lowest BCUT2D eigenvalue weighted by molar-refractivity contribution is 0.714. The Hall–Kier alpha value is -3.78. The van der Waals surface area contributed by atoms with Gasteiger partial charge in [0.25, 0.3) is 5.56 Å². The van der Waals surface area contributed by atoms with Crippen LogP contribution in [0.2, 0.25) is 0 Å². The van der Waals surface area contributed by atoms with Crippen LogP contribution in [0.15, 0.2) is 89.1 Å². The minimum absolute atomic E-state index is 0.0769. The molecule has 0 aliphatic rings. The third kappa shape index (κ3) is 4.04. The zero-order valence-corrected chi connectivity index (χ0v) is 18.2. The van der Waals surface area contributed by atoms with Gasteiger partial charge in [-0.2, -0.15) is 0 Å². The number of aromatic nitrogens is 6. The van der Waals surface area contributed by atoms with Gasteiger partial charge in [0.2, 0.25) is 0 Å². The number of benzene rings is 1. The van der Waals surface area contributed by atoms with Gasteiger partial charge >= 0.3 is 0 Å². The number of fused-ring (bicyclic) bond motifs is 1. The maximum Gasteiger partial charge on any atom is 0.258 e. The minimum atomic E-state index is -0.0769. The van der Waals surface area contributed by atoms with E-state index in [1.54, 1.807) is 22.9 Å². The highest BCUT2D eigenvalue weighted by atomic mass is 32.2. The van der Waals surface area contributed by atoms with Crippen molar-refractivity contribution in [2.75, 3.05) is 0 Å². The Kier molecular flexibility index (Phi) is 5.51. The molecule has 0 N–H and O–H groups in total. The molecule has 1 aromatic carbocycles. The first-order valence-electron chi connectivity index (χ1n) is 10.2. The number of aryl methyl sites for hydroxylation is 1. The van der Waals surface area contributed by atoms with Gasteiger partial charge in [0.05, 0.1) is 12.2 Å². The lowest BCUT2D eigenvalue weighted by Gasteiger charge is -2.11. The summed E-state index contributed by atoms with van der Waals surface area (Å²) in [6.45, 7) is 2.54. The Bertz CT molecular complexity index is 1430. The van der Waals surface area contributed by atoms with Crippen LogP contribution in [-0.4, -0.2) is 29.1 Å². The summed E-state index contributed by atoms with van der Waals surface area (Å²) in [5.74, 6) is 1.30. The van der Waals surface area contributed by atoms with Crippen LogP contribution < -0.4 is 5.56 Å². The van der Waals surface area contributed by atoms with E-state index >= 15 is 0 Å². The monoisotopic (exact) mass is 440 g/mol. The average molecular weight is 441 g/mol. The van der Waals surface area contributed by atoms with Crippen LogP contribution in [0.5, 0.6) is 0 Å². The number of hydrogen-bond donors (Lipinski definition) is 0. The summed E-state index contributed by atoms with van der Waals surface area (Å²) < 4.78 is 3.71. The predicted molar refractivity (Wildman–Crippen MR) is 125 cm³/mol. The Morgan fingerprint density at radius 1 is 0.938 bits per heavy atom. The third-order valence-electron chi connectivity index (χ3n) is 5.12. The van der Waals surface area contributed by atoms with Crippen molar-refractivity contribution >= 4 is 17.4 Å². The summed E-state index contributed by atoms with van der Waals surface area (Å²) in [5, 5.41) is 9.67. The van der Waals surface area contributed by atoms with Crippen molar-refractivity contribution < 1.29 is 0 Å². The number of rotatable bonds is 6. The highest BCUT2D eigenvalue weighted by Crippen LogP contribution is 2.26. The quantitative estimate of drug-likeness (QED) is 0.372. The largest absolute Gasteiger partial charge is 0.298 e. The summed E-state index contributed by atoms with van der Waals surface area (Å²) in [7, 11) is 0. The lowest BCUT2D eigenvalue weighted by atomic mass is 10.2. The van der Waals surface area contributed by atoms with Gasteiger partial charge in [0.1, 0.15) is 5.65 Å². The molecule has 5 rings (SSSR count). The first-order valence-corrected chi connectivity index (χ1v) is 11.2. The van der Waals surface area contributed by atoms with E-state index in [9.17, 15) is 4.79 Å². The number of nitrogens with zero attached hydrogens (tertiary/aromatic N) is 6. The van der Waals surface area contributed by atoms with E-state index in [1.807, 2.05) is 55.5 Å². The van der Waals surface area contributed by atoms with E-state index < -0.39 is 0 Å². The molecule has 0 radical (unpaired) electrons. The van der Waals surface area contributed by atoms with E-state index in [2.05, 4.69) is 36.9 Å². The van der Waals surface area contributed by atoms with Crippen molar-refractivity contribution in [2.45, 2.75) is 24.4 Å². The highest BCUT2D eigenvalue weighted by Gasteiger charge is 2.16. The molecular weight excluding hydrogens is 420 g/mol. The van der Waals surface area contributed by atoms with Crippen LogP contribution in [0, 0.1) is 6.92 Å². The first kappa shape index (κ1) is 20.1. The maximum absolute atomic E-state index is 12.6. The van der Waals surface area contributed by atoms with Crippen molar-refractivity contribution in [3.8, 4) is 11.4 Å². The molecule has 0 spiro atoms. The van der Waals surface area contributed by atoms with Gasteiger partial charge in [-0.25, -0.2) is 4.98 Å². The Balaban J connectivity index is 1.48. The zero-order chi connectivity index (χ0) is 21.9.